The van der Waals surface area contributed by atoms with Gasteiger partial charge in [-0.3, -0.25) is 9.29 Å². The molecule has 1 fully saturated rings. The summed E-state index contributed by atoms with van der Waals surface area (Å²) in [4.78, 5) is 13.8. The Labute approximate surface area is 209 Å². The molecule has 2 heterocycles. The molecule has 0 bridgehead atoms. The van der Waals surface area contributed by atoms with E-state index in [4.69, 9.17) is 9.47 Å². The standard InChI is InChI=1S/C29H28FNO5/c1-18-25-14-23(32)7-10-26(25)36-28(27(18)21-3-2-4-22(13-21)29(33)34)20-5-8-24(9-6-20)35-12-11-31-16-19(15-30)17-31/h2-10,13-14,19,28,32H,11-12,15-17H2,1H3,(H,33,34)/t28-/m1/s1. The average molecular weight is 490 g/mol. The van der Waals surface area contributed by atoms with Crippen molar-refractivity contribution in [2.24, 2.45) is 5.92 Å². The number of hydrogen-bond acceptors (Lipinski definition) is 5. The topological polar surface area (TPSA) is 79.2 Å². The molecule has 186 valence electrons. The fourth-order valence-corrected chi connectivity index (χ4v) is 4.85. The molecule has 1 saturated heterocycles. The van der Waals surface area contributed by atoms with Gasteiger partial charge in [-0.05, 0) is 66.1 Å². The Morgan fingerprint density at radius 1 is 1.11 bits per heavy atom. The third kappa shape index (κ3) is 4.79. The summed E-state index contributed by atoms with van der Waals surface area (Å²) < 4.78 is 24.9. The van der Waals surface area contributed by atoms with Crippen molar-refractivity contribution in [2.45, 2.75) is 13.0 Å². The Balaban J connectivity index is 1.41. The second-order valence-corrected chi connectivity index (χ2v) is 9.30. The van der Waals surface area contributed by atoms with Crippen molar-refractivity contribution in [3.05, 3.63) is 89.0 Å². The van der Waals surface area contributed by atoms with Crippen molar-refractivity contribution >= 4 is 17.1 Å². The van der Waals surface area contributed by atoms with Crippen molar-refractivity contribution in [2.75, 3.05) is 32.9 Å². The highest BCUT2D eigenvalue weighted by atomic mass is 19.1. The van der Waals surface area contributed by atoms with Gasteiger partial charge in [0.1, 0.15) is 30.0 Å². The van der Waals surface area contributed by atoms with E-state index in [1.807, 2.05) is 37.3 Å². The van der Waals surface area contributed by atoms with Crippen molar-refractivity contribution < 1.29 is 28.9 Å². The lowest BCUT2D eigenvalue weighted by Gasteiger charge is -2.37. The van der Waals surface area contributed by atoms with Crippen LogP contribution in [0.3, 0.4) is 0 Å². The highest BCUT2D eigenvalue weighted by molar-refractivity contribution is 5.97. The summed E-state index contributed by atoms with van der Waals surface area (Å²) >= 11 is 0. The number of carboxylic acids is 1. The van der Waals surface area contributed by atoms with Gasteiger partial charge in [0.05, 0.1) is 12.2 Å². The first-order chi connectivity index (χ1) is 17.4. The lowest BCUT2D eigenvalue weighted by molar-refractivity contribution is 0.0668. The average Bonchev–Trinajstić information content (AvgIpc) is 2.86. The quantitative estimate of drug-likeness (QED) is 0.439. The van der Waals surface area contributed by atoms with E-state index in [0.29, 0.717) is 12.4 Å². The van der Waals surface area contributed by atoms with Crippen molar-refractivity contribution in [3.63, 3.8) is 0 Å². The summed E-state index contributed by atoms with van der Waals surface area (Å²) in [6.45, 7) is 4.56. The molecule has 2 aliphatic rings. The van der Waals surface area contributed by atoms with E-state index in [1.54, 1.807) is 36.4 Å². The van der Waals surface area contributed by atoms with E-state index in [-0.39, 0.29) is 23.9 Å². The Bertz CT molecular complexity index is 1300. The second-order valence-electron chi connectivity index (χ2n) is 9.30. The van der Waals surface area contributed by atoms with E-state index < -0.39 is 12.1 Å². The van der Waals surface area contributed by atoms with Gasteiger partial charge in [0.25, 0.3) is 0 Å². The number of hydrogen-bond donors (Lipinski definition) is 2. The fraction of sp³-hybridized carbons (Fsp3) is 0.276. The maximum absolute atomic E-state index is 12.6. The zero-order chi connectivity index (χ0) is 25.2. The van der Waals surface area contributed by atoms with Crippen LogP contribution in [-0.4, -0.2) is 54.0 Å². The molecule has 1 atom stereocenters. The molecule has 5 rings (SSSR count). The molecule has 0 aliphatic carbocycles. The number of benzene rings is 3. The van der Waals surface area contributed by atoms with Crippen LogP contribution in [0.1, 0.15) is 40.1 Å². The lowest BCUT2D eigenvalue weighted by atomic mass is 9.85. The largest absolute Gasteiger partial charge is 0.508 e. The van der Waals surface area contributed by atoms with Crippen LogP contribution in [0.25, 0.3) is 11.1 Å². The fourth-order valence-electron chi connectivity index (χ4n) is 4.85. The summed E-state index contributed by atoms with van der Waals surface area (Å²) in [7, 11) is 0. The normalized spacial score (nSPS) is 17.8. The van der Waals surface area contributed by atoms with Crippen molar-refractivity contribution in [1.82, 2.24) is 4.90 Å². The Morgan fingerprint density at radius 2 is 1.89 bits per heavy atom. The minimum Gasteiger partial charge on any atom is -0.508 e. The van der Waals surface area contributed by atoms with Gasteiger partial charge in [0, 0.05) is 36.7 Å². The molecule has 0 radical (unpaired) electrons. The summed E-state index contributed by atoms with van der Waals surface area (Å²) in [5.74, 6) is 0.679. The van der Waals surface area contributed by atoms with E-state index in [1.165, 1.54) is 0 Å². The summed E-state index contributed by atoms with van der Waals surface area (Å²) in [6, 6.07) is 19.5. The molecule has 7 heteroatoms. The van der Waals surface area contributed by atoms with Gasteiger partial charge in [-0.1, -0.05) is 24.3 Å². The third-order valence-corrected chi connectivity index (χ3v) is 6.81. The van der Waals surface area contributed by atoms with E-state index >= 15 is 0 Å². The van der Waals surface area contributed by atoms with Gasteiger partial charge < -0.3 is 19.7 Å². The maximum Gasteiger partial charge on any atom is 0.335 e. The van der Waals surface area contributed by atoms with Gasteiger partial charge in [0.2, 0.25) is 0 Å². The number of rotatable bonds is 8. The number of phenols is 1. The number of alkyl halides is 1. The molecular formula is C29H28FNO5. The molecule has 2 N–H and O–H groups in total. The molecule has 0 aromatic heterocycles. The molecule has 0 amide bonds. The van der Waals surface area contributed by atoms with Gasteiger partial charge in [-0.15, -0.1) is 0 Å². The molecule has 6 nitrogen and oxygen atoms in total. The van der Waals surface area contributed by atoms with Crippen LogP contribution >= 0.6 is 0 Å². The Kier molecular flexibility index (Phi) is 6.65. The van der Waals surface area contributed by atoms with Crippen LogP contribution in [-0.2, 0) is 0 Å². The molecular weight excluding hydrogens is 461 g/mol. The number of aromatic hydroxyl groups is 1. The van der Waals surface area contributed by atoms with Crippen LogP contribution in [0, 0.1) is 5.92 Å². The molecule has 2 aliphatic heterocycles. The van der Waals surface area contributed by atoms with Gasteiger partial charge in [0.15, 0.2) is 0 Å². The zero-order valence-electron chi connectivity index (χ0n) is 20.0. The van der Waals surface area contributed by atoms with Gasteiger partial charge in [-0.2, -0.15) is 0 Å². The van der Waals surface area contributed by atoms with E-state index in [2.05, 4.69) is 4.90 Å². The van der Waals surface area contributed by atoms with Crippen molar-refractivity contribution in [3.8, 4) is 17.2 Å². The minimum atomic E-state index is -0.999. The van der Waals surface area contributed by atoms with Crippen LogP contribution < -0.4 is 9.47 Å². The third-order valence-electron chi connectivity index (χ3n) is 6.81. The molecule has 0 saturated carbocycles. The number of ether oxygens (including phenoxy) is 2. The number of carboxylic acid groups (broad SMARTS) is 1. The highest BCUT2D eigenvalue weighted by Crippen LogP contribution is 2.47. The van der Waals surface area contributed by atoms with Crippen LogP contribution in [0.2, 0.25) is 0 Å². The second kappa shape index (κ2) is 10.0. The Morgan fingerprint density at radius 3 is 2.61 bits per heavy atom. The number of allylic oxidation sites excluding steroid dienone is 1. The highest BCUT2D eigenvalue weighted by Gasteiger charge is 2.30. The predicted octanol–water partition coefficient (Wildman–Crippen LogP) is 5.43. The number of carbonyl (C=O) groups is 1. The van der Waals surface area contributed by atoms with Crippen LogP contribution in [0.5, 0.6) is 17.2 Å². The van der Waals surface area contributed by atoms with Gasteiger partial charge >= 0.3 is 5.97 Å². The summed E-state index contributed by atoms with van der Waals surface area (Å²) in [6.07, 6.45) is -0.473. The number of phenolic OH excluding ortho intramolecular Hbond substituents is 1. The molecule has 36 heavy (non-hydrogen) atoms. The monoisotopic (exact) mass is 489 g/mol. The number of fused-ring (bicyclic) bond motifs is 1. The van der Waals surface area contributed by atoms with E-state index in [0.717, 1.165) is 53.2 Å². The first-order valence-corrected chi connectivity index (χ1v) is 12.0. The summed E-state index contributed by atoms with van der Waals surface area (Å²) in [5, 5.41) is 19.6. The van der Waals surface area contributed by atoms with Crippen molar-refractivity contribution in [1.29, 1.82) is 0 Å². The summed E-state index contributed by atoms with van der Waals surface area (Å²) in [5.41, 5.74) is 4.34. The number of aromatic carboxylic acids is 1. The zero-order valence-corrected chi connectivity index (χ0v) is 20.0. The molecule has 3 aromatic carbocycles. The van der Waals surface area contributed by atoms with Gasteiger partial charge in [-0.25, -0.2) is 4.79 Å². The van der Waals surface area contributed by atoms with Crippen LogP contribution in [0.4, 0.5) is 4.39 Å². The molecule has 0 spiro atoms. The SMILES string of the molecule is CC1=C(c2cccc(C(=O)O)c2)[C@@H](c2ccc(OCCN3CC(CF)C3)cc2)Oc2ccc(O)cc21. The first kappa shape index (κ1) is 23.9. The van der Waals surface area contributed by atoms with Crippen LogP contribution in [0.15, 0.2) is 66.7 Å². The predicted molar refractivity (Wildman–Crippen MR) is 135 cm³/mol. The lowest BCUT2D eigenvalue weighted by Crippen LogP contribution is -2.49. The number of halogens is 1. The Hall–Kier alpha value is -3.84. The number of likely N-dealkylation sites (tertiary alicyclic amines) is 1. The smallest absolute Gasteiger partial charge is 0.335 e. The number of nitrogens with zero attached hydrogens (tertiary/aromatic N) is 1. The first-order valence-electron chi connectivity index (χ1n) is 12.0. The molecule has 0 unspecified atom stereocenters. The molecule has 3 aromatic rings. The minimum absolute atomic E-state index is 0.133. The van der Waals surface area contributed by atoms with E-state index in [9.17, 15) is 19.4 Å². The maximum atomic E-state index is 12.6.